The molecule has 0 fully saturated rings. The van der Waals surface area contributed by atoms with Crippen LogP contribution in [0.25, 0.3) is 16.9 Å². The van der Waals surface area contributed by atoms with Crippen molar-refractivity contribution < 1.29 is 14.3 Å². The Labute approximate surface area is 205 Å². The Balaban J connectivity index is 1.67. The van der Waals surface area contributed by atoms with Crippen LogP contribution in [0.1, 0.15) is 22.0 Å². The summed E-state index contributed by atoms with van der Waals surface area (Å²) in [5, 5.41) is 7.89. The van der Waals surface area contributed by atoms with Crippen molar-refractivity contribution in [2.75, 3.05) is 34.9 Å². The number of methoxy groups -OCH3 is 2. The molecule has 0 aliphatic carbocycles. The smallest absolute Gasteiger partial charge is 0.255 e. The van der Waals surface area contributed by atoms with Gasteiger partial charge in [0, 0.05) is 18.3 Å². The van der Waals surface area contributed by atoms with Gasteiger partial charge in [0.1, 0.15) is 17.2 Å². The van der Waals surface area contributed by atoms with Crippen molar-refractivity contribution >= 4 is 5.91 Å². The number of ether oxygens (including phenoxy) is 2. The van der Waals surface area contributed by atoms with Gasteiger partial charge in [-0.05, 0) is 56.1 Å². The van der Waals surface area contributed by atoms with Gasteiger partial charge < -0.3 is 19.7 Å². The van der Waals surface area contributed by atoms with Gasteiger partial charge in [0.05, 0.1) is 31.5 Å². The van der Waals surface area contributed by atoms with Crippen LogP contribution in [0.4, 0.5) is 0 Å². The first-order valence-corrected chi connectivity index (χ1v) is 11.4. The number of nitrogens with zero attached hydrogens (tertiary/aromatic N) is 3. The molecule has 4 aromatic rings. The van der Waals surface area contributed by atoms with Gasteiger partial charge in [0.2, 0.25) is 0 Å². The first-order valence-electron chi connectivity index (χ1n) is 11.4. The number of carbonyl (C=O) groups is 1. The van der Waals surface area contributed by atoms with E-state index >= 15 is 0 Å². The molecule has 7 nitrogen and oxygen atoms in total. The summed E-state index contributed by atoms with van der Waals surface area (Å²) in [5.74, 6) is 1.23. The number of benzene rings is 3. The molecule has 1 atom stereocenters. The highest BCUT2D eigenvalue weighted by Gasteiger charge is 2.23. The summed E-state index contributed by atoms with van der Waals surface area (Å²) >= 11 is 0. The summed E-state index contributed by atoms with van der Waals surface area (Å²) < 4.78 is 12.7. The largest absolute Gasteiger partial charge is 0.497 e. The first-order chi connectivity index (χ1) is 17.0. The van der Waals surface area contributed by atoms with Crippen molar-refractivity contribution in [3.05, 3.63) is 96.2 Å². The quantitative estimate of drug-likeness (QED) is 0.388. The number of hydrogen-bond acceptors (Lipinski definition) is 5. The molecule has 0 bridgehead atoms. The van der Waals surface area contributed by atoms with Crippen LogP contribution in [0.2, 0.25) is 0 Å². The van der Waals surface area contributed by atoms with E-state index in [0.717, 1.165) is 22.6 Å². The van der Waals surface area contributed by atoms with Gasteiger partial charge in [-0.2, -0.15) is 5.10 Å². The van der Waals surface area contributed by atoms with Crippen LogP contribution in [0, 0.1) is 0 Å². The van der Waals surface area contributed by atoms with Gasteiger partial charge in [0.25, 0.3) is 5.91 Å². The summed E-state index contributed by atoms with van der Waals surface area (Å²) in [6.45, 7) is 0.418. The minimum absolute atomic E-state index is 0.0343. The second-order valence-electron chi connectivity index (χ2n) is 8.34. The highest BCUT2D eigenvalue weighted by Crippen LogP contribution is 2.32. The third-order valence-corrected chi connectivity index (χ3v) is 5.90. The molecule has 4 rings (SSSR count). The van der Waals surface area contributed by atoms with E-state index in [0.29, 0.717) is 23.6 Å². The highest BCUT2D eigenvalue weighted by atomic mass is 16.5. The summed E-state index contributed by atoms with van der Waals surface area (Å²) in [7, 11) is 7.24. The van der Waals surface area contributed by atoms with Gasteiger partial charge >= 0.3 is 0 Å². The van der Waals surface area contributed by atoms with Crippen molar-refractivity contribution in [2.45, 2.75) is 6.04 Å². The molecule has 7 heteroatoms. The minimum atomic E-state index is -0.206. The van der Waals surface area contributed by atoms with E-state index in [-0.39, 0.29) is 11.9 Å². The Morgan fingerprint density at radius 2 is 1.71 bits per heavy atom. The normalized spacial score (nSPS) is 11.8. The molecule has 0 saturated carbocycles. The number of amides is 1. The lowest BCUT2D eigenvalue weighted by atomic mass is 10.0. The van der Waals surface area contributed by atoms with Crippen molar-refractivity contribution in [3.63, 3.8) is 0 Å². The number of likely N-dealkylation sites (N-methyl/N-ethyl adjacent to an activating group) is 1. The molecule has 3 aromatic carbocycles. The Kier molecular flexibility index (Phi) is 7.48. The summed E-state index contributed by atoms with van der Waals surface area (Å²) in [4.78, 5) is 15.6. The summed E-state index contributed by atoms with van der Waals surface area (Å²) in [6, 6.07) is 25.2. The Morgan fingerprint density at radius 1 is 0.971 bits per heavy atom. The molecule has 1 heterocycles. The Bertz CT molecular complexity index is 1280. The number of rotatable bonds is 9. The number of para-hydroxylation sites is 2. The minimum Gasteiger partial charge on any atom is -0.497 e. The van der Waals surface area contributed by atoms with Gasteiger partial charge in [-0.1, -0.05) is 42.5 Å². The molecule has 0 aliphatic rings. The zero-order chi connectivity index (χ0) is 24.8. The fraction of sp³-hybridized carbons (Fsp3) is 0.214. The second-order valence-corrected chi connectivity index (χ2v) is 8.34. The van der Waals surface area contributed by atoms with E-state index in [1.165, 1.54) is 0 Å². The van der Waals surface area contributed by atoms with Crippen molar-refractivity contribution in [1.29, 1.82) is 0 Å². The lowest BCUT2D eigenvalue weighted by molar-refractivity contribution is 0.0942. The number of hydrogen-bond donors (Lipinski definition) is 1. The van der Waals surface area contributed by atoms with E-state index in [1.807, 2.05) is 93.0 Å². The van der Waals surface area contributed by atoms with E-state index in [2.05, 4.69) is 10.2 Å². The van der Waals surface area contributed by atoms with E-state index < -0.39 is 0 Å². The molecular weight excluding hydrogens is 440 g/mol. The van der Waals surface area contributed by atoms with Crippen LogP contribution >= 0.6 is 0 Å². The van der Waals surface area contributed by atoms with Crippen LogP contribution in [0.3, 0.4) is 0 Å². The van der Waals surface area contributed by atoms with Crippen LogP contribution in [-0.4, -0.2) is 55.4 Å². The average molecular weight is 471 g/mol. The Hall–Kier alpha value is -4.10. The fourth-order valence-corrected chi connectivity index (χ4v) is 4.02. The highest BCUT2D eigenvalue weighted by molar-refractivity contribution is 6.00. The predicted octanol–water partition coefficient (Wildman–Crippen LogP) is 4.59. The molecular formula is C28H30N4O3. The van der Waals surface area contributed by atoms with Crippen LogP contribution in [-0.2, 0) is 0 Å². The molecule has 180 valence electrons. The third-order valence-electron chi connectivity index (χ3n) is 5.90. The Morgan fingerprint density at radius 3 is 2.43 bits per heavy atom. The molecule has 35 heavy (non-hydrogen) atoms. The fourth-order valence-electron chi connectivity index (χ4n) is 4.02. The molecule has 1 N–H and O–H groups in total. The van der Waals surface area contributed by atoms with Crippen molar-refractivity contribution in [2.24, 2.45) is 0 Å². The van der Waals surface area contributed by atoms with Gasteiger partial charge in [-0.15, -0.1) is 0 Å². The maximum atomic E-state index is 13.5. The van der Waals surface area contributed by atoms with Crippen LogP contribution in [0.15, 0.2) is 85.1 Å². The molecule has 1 aromatic heterocycles. The molecule has 0 unspecified atom stereocenters. The molecule has 1 amide bonds. The van der Waals surface area contributed by atoms with E-state index in [4.69, 9.17) is 14.6 Å². The van der Waals surface area contributed by atoms with Crippen LogP contribution < -0.4 is 14.8 Å². The number of nitrogens with one attached hydrogen (secondary N) is 1. The monoisotopic (exact) mass is 470 g/mol. The number of aromatic nitrogens is 2. The number of carbonyl (C=O) groups excluding carboxylic acids is 1. The maximum Gasteiger partial charge on any atom is 0.255 e. The topological polar surface area (TPSA) is 68.6 Å². The lowest BCUT2D eigenvalue weighted by Gasteiger charge is -2.25. The van der Waals surface area contributed by atoms with Crippen molar-refractivity contribution in [1.82, 2.24) is 20.0 Å². The van der Waals surface area contributed by atoms with E-state index in [9.17, 15) is 4.79 Å². The van der Waals surface area contributed by atoms with Crippen LogP contribution in [0.5, 0.6) is 11.5 Å². The standard InChI is InChI=1S/C28H30N4O3/c1-31(2)25(20-11-10-14-22(17-20)34-3)18-29-28(33)24-19-32(21-12-6-5-7-13-21)30-27(24)23-15-8-9-16-26(23)35-4/h5-17,19,25H,18H2,1-4H3,(H,29,33)/t25-/m1/s1. The van der Waals surface area contributed by atoms with E-state index in [1.54, 1.807) is 25.1 Å². The summed E-state index contributed by atoms with van der Waals surface area (Å²) in [6.07, 6.45) is 1.77. The molecule has 0 aliphatic heterocycles. The lowest BCUT2D eigenvalue weighted by Crippen LogP contribution is -2.34. The average Bonchev–Trinajstić information content (AvgIpc) is 3.34. The molecule has 0 saturated heterocycles. The SMILES string of the molecule is COc1cccc([C@@H](CNC(=O)c2cn(-c3ccccc3)nc2-c2ccccc2OC)N(C)C)c1. The predicted molar refractivity (Wildman–Crippen MR) is 137 cm³/mol. The van der Waals surface area contributed by atoms with Gasteiger partial charge in [-0.3, -0.25) is 4.79 Å². The van der Waals surface area contributed by atoms with Crippen molar-refractivity contribution in [3.8, 4) is 28.4 Å². The molecule has 0 radical (unpaired) electrons. The van der Waals surface area contributed by atoms with Gasteiger partial charge in [0.15, 0.2) is 0 Å². The first kappa shape index (κ1) is 24.0. The maximum absolute atomic E-state index is 13.5. The summed E-state index contributed by atoms with van der Waals surface area (Å²) in [5.41, 5.74) is 3.71. The third kappa shape index (κ3) is 5.36. The second kappa shape index (κ2) is 10.9. The zero-order valence-electron chi connectivity index (χ0n) is 20.4. The molecule has 0 spiro atoms. The van der Waals surface area contributed by atoms with Gasteiger partial charge in [-0.25, -0.2) is 4.68 Å². The zero-order valence-corrected chi connectivity index (χ0v) is 20.4.